The zero-order valence-corrected chi connectivity index (χ0v) is 20.8. The van der Waals surface area contributed by atoms with Gasteiger partial charge in [-0.1, -0.05) is 90.8 Å². The van der Waals surface area contributed by atoms with Crippen molar-refractivity contribution in [2.45, 2.75) is 118 Å². The molecule has 0 heteroatoms. The predicted octanol–water partition coefficient (Wildman–Crippen LogP) is 9.16. The molecule has 0 spiro atoms. The lowest BCUT2D eigenvalue weighted by molar-refractivity contribution is 0.559. The van der Waals surface area contributed by atoms with Crippen LogP contribution in [0.1, 0.15) is 118 Å². The lowest BCUT2D eigenvalue weighted by Gasteiger charge is -2.30. The summed E-state index contributed by atoms with van der Waals surface area (Å²) in [7, 11) is 0. The van der Waals surface area contributed by atoms with Crippen LogP contribution >= 0.6 is 0 Å². The van der Waals surface area contributed by atoms with Crippen LogP contribution in [0.4, 0.5) is 0 Å². The maximum Gasteiger partial charge on any atom is -0.00102 e. The Balaban J connectivity index is 1.86. The highest BCUT2D eigenvalue weighted by atomic mass is 14.4. The minimum atomic E-state index is 0.188. The summed E-state index contributed by atoms with van der Waals surface area (Å²) in [4.78, 5) is 0. The molecule has 0 bridgehead atoms. The zero-order chi connectivity index (χ0) is 21.9. The van der Waals surface area contributed by atoms with E-state index in [0.717, 1.165) is 6.42 Å². The Hall–Kier alpha value is -1.56. The van der Waals surface area contributed by atoms with Crippen LogP contribution in [0, 0.1) is 20.8 Å². The van der Waals surface area contributed by atoms with Crippen LogP contribution in [0.3, 0.4) is 0 Å². The van der Waals surface area contributed by atoms with Crippen molar-refractivity contribution in [2.24, 2.45) is 0 Å². The first kappa shape index (κ1) is 23.1. The van der Waals surface area contributed by atoms with Gasteiger partial charge < -0.3 is 0 Å². The molecule has 30 heavy (non-hydrogen) atoms. The second kappa shape index (κ2) is 9.71. The maximum absolute atomic E-state index is 2.42. The first-order chi connectivity index (χ1) is 14.3. The minimum Gasteiger partial charge on any atom is -0.0654 e. The van der Waals surface area contributed by atoms with E-state index in [-0.39, 0.29) is 5.41 Å². The molecule has 0 N–H and O–H groups in total. The molecule has 0 heterocycles. The summed E-state index contributed by atoms with van der Waals surface area (Å²) in [5.41, 5.74) is 14.3. The van der Waals surface area contributed by atoms with E-state index in [1.54, 1.807) is 27.8 Å². The summed E-state index contributed by atoms with van der Waals surface area (Å²) in [5.74, 6) is 0. The highest BCUT2D eigenvalue weighted by molar-refractivity contribution is 5.85. The van der Waals surface area contributed by atoms with E-state index in [1.165, 1.54) is 80.0 Å². The van der Waals surface area contributed by atoms with Gasteiger partial charge in [0, 0.05) is 0 Å². The third-order valence-electron chi connectivity index (χ3n) is 7.30. The number of benzene rings is 2. The molecule has 0 unspecified atom stereocenters. The Morgan fingerprint density at radius 2 is 1.40 bits per heavy atom. The highest BCUT2D eigenvalue weighted by Crippen LogP contribution is 2.48. The van der Waals surface area contributed by atoms with Crippen LogP contribution in [0.15, 0.2) is 18.2 Å². The number of hydrogen-bond donors (Lipinski definition) is 0. The summed E-state index contributed by atoms with van der Waals surface area (Å²) < 4.78 is 0. The lowest BCUT2D eigenvalue weighted by Crippen LogP contribution is -2.19. The van der Waals surface area contributed by atoms with Crippen LogP contribution in [0.25, 0.3) is 11.1 Å². The van der Waals surface area contributed by atoms with E-state index in [2.05, 4.69) is 66.7 Å². The summed E-state index contributed by atoms with van der Waals surface area (Å²) in [6, 6.07) is 6.87. The molecule has 0 radical (unpaired) electrons. The van der Waals surface area contributed by atoms with Gasteiger partial charge in [0.2, 0.25) is 0 Å². The van der Waals surface area contributed by atoms with Crippen LogP contribution in [0.2, 0.25) is 0 Å². The molecule has 0 atom stereocenters. The van der Waals surface area contributed by atoms with Gasteiger partial charge in [0.25, 0.3) is 0 Å². The van der Waals surface area contributed by atoms with Gasteiger partial charge in [-0.15, -0.1) is 0 Å². The monoisotopic (exact) mass is 404 g/mol. The molecule has 0 aromatic heterocycles. The van der Waals surface area contributed by atoms with Crippen molar-refractivity contribution in [1.82, 2.24) is 0 Å². The predicted molar refractivity (Wildman–Crippen MR) is 134 cm³/mol. The molecule has 0 nitrogen and oxygen atoms in total. The van der Waals surface area contributed by atoms with Crippen molar-refractivity contribution in [3.8, 4) is 11.1 Å². The molecule has 164 valence electrons. The van der Waals surface area contributed by atoms with Crippen molar-refractivity contribution in [3.05, 3.63) is 57.1 Å². The van der Waals surface area contributed by atoms with Crippen molar-refractivity contribution in [2.75, 3.05) is 0 Å². The topological polar surface area (TPSA) is 0 Å². The quantitative estimate of drug-likeness (QED) is 0.312. The molecule has 0 saturated carbocycles. The second-order valence-electron chi connectivity index (χ2n) is 10.7. The first-order valence-corrected chi connectivity index (χ1v) is 12.5. The summed E-state index contributed by atoms with van der Waals surface area (Å²) in [6.45, 7) is 16.6. The number of rotatable bonds is 9. The largest absolute Gasteiger partial charge is 0.0654 e. The van der Waals surface area contributed by atoms with Crippen molar-refractivity contribution in [1.29, 1.82) is 0 Å². The standard InChI is InChI=1S/C30H44/c1-8-9-10-11-12-13-14-15-19-25-22(3)23(4)28-26(29(25)30(5,6)7)20-24-18-16-17-21(2)27(24)28/h16-18H,8-15,19-20H2,1-7H3. The molecule has 2 aromatic rings. The van der Waals surface area contributed by atoms with Gasteiger partial charge in [0.1, 0.15) is 0 Å². The van der Waals surface area contributed by atoms with Crippen LogP contribution in [0.5, 0.6) is 0 Å². The summed E-state index contributed by atoms with van der Waals surface area (Å²) >= 11 is 0. The number of fused-ring (bicyclic) bond motifs is 3. The minimum absolute atomic E-state index is 0.188. The average molecular weight is 405 g/mol. The SMILES string of the molecule is CCCCCCCCCCc1c(C)c(C)c2c(c1C(C)(C)C)Cc1cccc(C)c1-2. The van der Waals surface area contributed by atoms with E-state index >= 15 is 0 Å². The summed E-state index contributed by atoms with van der Waals surface area (Å²) in [5, 5.41) is 0. The van der Waals surface area contributed by atoms with Crippen molar-refractivity contribution < 1.29 is 0 Å². The third kappa shape index (κ3) is 4.68. The number of aryl methyl sites for hydroxylation is 1. The smallest absolute Gasteiger partial charge is 0.00102 e. The summed E-state index contributed by atoms with van der Waals surface area (Å²) in [6.07, 6.45) is 13.5. The molecular weight excluding hydrogens is 360 g/mol. The van der Waals surface area contributed by atoms with Gasteiger partial charge in [0.05, 0.1) is 0 Å². The Labute approximate surface area is 186 Å². The highest BCUT2D eigenvalue weighted by Gasteiger charge is 2.32. The Morgan fingerprint density at radius 3 is 2.03 bits per heavy atom. The normalized spacial score (nSPS) is 12.9. The molecule has 0 amide bonds. The van der Waals surface area contributed by atoms with Crippen molar-refractivity contribution in [3.63, 3.8) is 0 Å². The van der Waals surface area contributed by atoms with Gasteiger partial charge in [-0.25, -0.2) is 0 Å². The molecule has 1 aliphatic rings. The van der Waals surface area contributed by atoms with E-state index in [9.17, 15) is 0 Å². The fourth-order valence-corrected chi connectivity index (χ4v) is 5.73. The molecule has 2 aromatic carbocycles. The van der Waals surface area contributed by atoms with Gasteiger partial charge in [-0.3, -0.25) is 0 Å². The zero-order valence-electron chi connectivity index (χ0n) is 20.8. The fraction of sp³-hybridized carbons (Fsp3) is 0.600. The third-order valence-corrected chi connectivity index (χ3v) is 7.30. The van der Waals surface area contributed by atoms with Crippen LogP contribution in [-0.4, -0.2) is 0 Å². The fourth-order valence-electron chi connectivity index (χ4n) is 5.73. The van der Waals surface area contributed by atoms with Crippen LogP contribution < -0.4 is 0 Å². The van der Waals surface area contributed by atoms with Gasteiger partial charge in [-0.05, 0) is 95.5 Å². The molecule has 0 aliphatic heterocycles. The van der Waals surface area contributed by atoms with Gasteiger partial charge in [0.15, 0.2) is 0 Å². The van der Waals surface area contributed by atoms with Crippen molar-refractivity contribution >= 4 is 0 Å². The van der Waals surface area contributed by atoms with Crippen LogP contribution in [-0.2, 0) is 18.3 Å². The van der Waals surface area contributed by atoms with E-state index in [4.69, 9.17) is 0 Å². The Bertz CT molecular complexity index is 876. The molecule has 0 fully saturated rings. The van der Waals surface area contributed by atoms with Gasteiger partial charge in [-0.2, -0.15) is 0 Å². The van der Waals surface area contributed by atoms with E-state index < -0.39 is 0 Å². The first-order valence-electron chi connectivity index (χ1n) is 12.5. The van der Waals surface area contributed by atoms with Gasteiger partial charge >= 0.3 is 0 Å². The van der Waals surface area contributed by atoms with E-state index in [0.29, 0.717) is 0 Å². The number of hydrogen-bond acceptors (Lipinski definition) is 0. The molecular formula is C30H44. The Kier molecular flexibility index (Phi) is 7.48. The Morgan fingerprint density at radius 1 is 0.767 bits per heavy atom. The molecule has 3 rings (SSSR count). The maximum atomic E-state index is 2.42. The second-order valence-corrected chi connectivity index (χ2v) is 10.7. The lowest BCUT2D eigenvalue weighted by atomic mass is 9.74. The average Bonchev–Trinajstić information content (AvgIpc) is 3.07. The van der Waals surface area contributed by atoms with E-state index in [1.807, 2.05) is 0 Å². The molecule has 0 saturated heterocycles. The number of unbranched alkanes of at least 4 members (excludes halogenated alkanes) is 7. The molecule has 1 aliphatic carbocycles.